The lowest BCUT2D eigenvalue weighted by molar-refractivity contribution is 0.0999. The standard InChI is InChI=1S/C10H13N3O2.2C2H6/c1-13-5-6-2-7(9(11)14)4-8(3-6)10(12)15;2*1-2/h2-4,13H,5H2,1H3,(H2,11,14)(H2,12,15);2*1-2H3. The lowest BCUT2D eigenvalue weighted by Crippen LogP contribution is -2.17. The molecule has 108 valence electrons. The molecule has 0 aliphatic carbocycles. The van der Waals surface area contributed by atoms with Crippen molar-refractivity contribution in [1.82, 2.24) is 5.32 Å². The third kappa shape index (κ3) is 7.21. The first-order chi connectivity index (χ1) is 9.04. The van der Waals surface area contributed by atoms with Gasteiger partial charge >= 0.3 is 0 Å². The van der Waals surface area contributed by atoms with E-state index in [9.17, 15) is 9.59 Å². The minimum absolute atomic E-state index is 0.288. The van der Waals surface area contributed by atoms with Crippen molar-refractivity contribution in [1.29, 1.82) is 0 Å². The Morgan fingerprint density at radius 2 is 1.32 bits per heavy atom. The smallest absolute Gasteiger partial charge is 0.248 e. The number of nitrogens with two attached hydrogens (primary N) is 2. The van der Waals surface area contributed by atoms with Gasteiger partial charge in [-0.3, -0.25) is 9.59 Å². The van der Waals surface area contributed by atoms with Crippen LogP contribution in [0, 0.1) is 0 Å². The summed E-state index contributed by atoms with van der Waals surface area (Å²) in [5, 5.41) is 2.91. The number of hydrogen-bond donors (Lipinski definition) is 3. The molecule has 0 radical (unpaired) electrons. The Kier molecular flexibility index (Phi) is 11.5. The van der Waals surface area contributed by atoms with Crippen LogP contribution >= 0.6 is 0 Å². The van der Waals surface area contributed by atoms with Crippen molar-refractivity contribution in [2.75, 3.05) is 7.05 Å². The number of carbonyl (C=O) groups excluding carboxylic acids is 2. The molecule has 1 rings (SSSR count). The topological polar surface area (TPSA) is 98.2 Å². The number of carbonyl (C=O) groups is 2. The predicted octanol–water partition coefficient (Wildman–Crippen LogP) is 1.66. The summed E-state index contributed by atoms with van der Waals surface area (Å²) in [5.41, 5.74) is 11.6. The van der Waals surface area contributed by atoms with Gasteiger partial charge < -0.3 is 16.8 Å². The van der Waals surface area contributed by atoms with Gasteiger partial charge in [-0.15, -0.1) is 0 Å². The molecule has 1 aromatic carbocycles. The fourth-order valence-electron chi connectivity index (χ4n) is 1.28. The Morgan fingerprint density at radius 3 is 1.58 bits per heavy atom. The van der Waals surface area contributed by atoms with Crippen LogP contribution in [0.15, 0.2) is 18.2 Å². The first kappa shape index (κ1) is 19.5. The number of rotatable bonds is 4. The summed E-state index contributed by atoms with van der Waals surface area (Å²) < 4.78 is 0. The van der Waals surface area contributed by atoms with Crippen LogP contribution in [0.25, 0.3) is 0 Å². The van der Waals surface area contributed by atoms with E-state index in [1.807, 2.05) is 27.7 Å². The molecule has 0 aliphatic heterocycles. The fourth-order valence-corrected chi connectivity index (χ4v) is 1.28. The average molecular weight is 267 g/mol. The molecule has 5 heteroatoms. The van der Waals surface area contributed by atoms with Gasteiger partial charge in [-0.05, 0) is 30.8 Å². The number of nitrogens with one attached hydrogen (secondary N) is 1. The van der Waals surface area contributed by atoms with E-state index < -0.39 is 11.8 Å². The van der Waals surface area contributed by atoms with Crippen LogP contribution in [-0.2, 0) is 6.54 Å². The fraction of sp³-hybridized carbons (Fsp3) is 0.429. The summed E-state index contributed by atoms with van der Waals surface area (Å²) in [6.45, 7) is 8.54. The van der Waals surface area contributed by atoms with Crippen LogP contribution in [-0.4, -0.2) is 18.9 Å². The third-order valence-electron chi connectivity index (χ3n) is 1.94. The lowest BCUT2D eigenvalue weighted by atomic mass is 10.0. The second-order valence-corrected chi connectivity index (χ2v) is 3.18. The molecule has 0 atom stereocenters. The molecule has 5 nitrogen and oxygen atoms in total. The Balaban J connectivity index is 0. The highest BCUT2D eigenvalue weighted by molar-refractivity contribution is 5.98. The minimum Gasteiger partial charge on any atom is -0.366 e. The van der Waals surface area contributed by atoms with E-state index >= 15 is 0 Å². The average Bonchev–Trinajstić information content (AvgIpc) is 2.43. The molecule has 0 bridgehead atoms. The molecule has 0 fully saturated rings. The number of benzene rings is 1. The van der Waals surface area contributed by atoms with Gasteiger partial charge in [0.05, 0.1) is 0 Å². The van der Waals surface area contributed by atoms with Gasteiger partial charge in [0.15, 0.2) is 0 Å². The maximum absolute atomic E-state index is 11.0. The Hall–Kier alpha value is -1.88. The predicted molar refractivity (Wildman–Crippen MR) is 78.9 cm³/mol. The molecule has 0 aliphatic rings. The monoisotopic (exact) mass is 267 g/mol. The molecule has 0 unspecified atom stereocenters. The first-order valence-corrected chi connectivity index (χ1v) is 6.42. The normalized spacial score (nSPS) is 8.47. The van der Waals surface area contributed by atoms with Crippen molar-refractivity contribution in [3.63, 3.8) is 0 Å². The van der Waals surface area contributed by atoms with E-state index in [4.69, 9.17) is 11.5 Å². The van der Waals surface area contributed by atoms with E-state index in [0.29, 0.717) is 6.54 Å². The highest BCUT2D eigenvalue weighted by Gasteiger charge is 2.08. The summed E-state index contributed by atoms with van der Waals surface area (Å²) in [5.74, 6) is -1.15. The Labute approximate surface area is 115 Å². The second kappa shape index (κ2) is 11.2. The maximum Gasteiger partial charge on any atom is 0.248 e. The van der Waals surface area contributed by atoms with Crippen LogP contribution in [0.5, 0.6) is 0 Å². The highest BCUT2D eigenvalue weighted by Crippen LogP contribution is 2.09. The number of primary amides is 2. The van der Waals surface area contributed by atoms with E-state index in [2.05, 4.69) is 5.32 Å². The molecule has 0 spiro atoms. The second-order valence-electron chi connectivity index (χ2n) is 3.18. The summed E-state index contributed by atoms with van der Waals surface area (Å²) >= 11 is 0. The molecular weight excluding hydrogens is 242 g/mol. The first-order valence-electron chi connectivity index (χ1n) is 6.42. The van der Waals surface area contributed by atoms with Crippen molar-refractivity contribution >= 4 is 11.8 Å². The molecule has 5 N–H and O–H groups in total. The van der Waals surface area contributed by atoms with Crippen LogP contribution < -0.4 is 16.8 Å². The molecule has 0 aromatic heterocycles. The Bertz CT molecular complexity index is 371. The summed E-state index contributed by atoms with van der Waals surface area (Å²) in [4.78, 5) is 22.0. The van der Waals surface area contributed by atoms with E-state index in [-0.39, 0.29) is 11.1 Å². The van der Waals surface area contributed by atoms with Crippen LogP contribution in [0.4, 0.5) is 0 Å². The molecule has 0 heterocycles. The van der Waals surface area contributed by atoms with Gasteiger partial charge in [-0.2, -0.15) is 0 Å². The molecule has 19 heavy (non-hydrogen) atoms. The van der Waals surface area contributed by atoms with Crippen LogP contribution in [0.1, 0.15) is 54.0 Å². The van der Waals surface area contributed by atoms with Gasteiger partial charge in [0.1, 0.15) is 0 Å². The molecule has 0 saturated heterocycles. The minimum atomic E-state index is -0.574. The van der Waals surface area contributed by atoms with Crippen molar-refractivity contribution in [3.05, 3.63) is 34.9 Å². The molecule has 1 aromatic rings. The summed E-state index contributed by atoms with van der Waals surface area (Å²) in [6, 6.07) is 4.65. The van der Waals surface area contributed by atoms with Crippen molar-refractivity contribution < 1.29 is 9.59 Å². The SMILES string of the molecule is CC.CC.CNCc1cc(C(N)=O)cc(C(N)=O)c1. The molecular formula is C14H25N3O2. The summed E-state index contributed by atoms with van der Waals surface area (Å²) in [7, 11) is 1.76. The largest absolute Gasteiger partial charge is 0.366 e. The van der Waals surface area contributed by atoms with Gasteiger partial charge in [-0.1, -0.05) is 27.7 Å². The van der Waals surface area contributed by atoms with E-state index in [0.717, 1.165) is 5.56 Å². The van der Waals surface area contributed by atoms with Crippen LogP contribution in [0.3, 0.4) is 0 Å². The van der Waals surface area contributed by atoms with Crippen LogP contribution in [0.2, 0.25) is 0 Å². The van der Waals surface area contributed by atoms with Gasteiger partial charge in [0.2, 0.25) is 11.8 Å². The number of amides is 2. The van der Waals surface area contributed by atoms with Crippen molar-refractivity contribution in [2.24, 2.45) is 11.5 Å². The highest BCUT2D eigenvalue weighted by atomic mass is 16.1. The Morgan fingerprint density at radius 1 is 0.947 bits per heavy atom. The van der Waals surface area contributed by atoms with Gasteiger partial charge in [0.25, 0.3) is 0 Å². The van der Waals surface area contributed by atoms with Gasteiger partial charge in [0, 0.05) is 17.7 Å². The summed E-state index contributed by atoms with van der Waals surface area (Å²) in [6.07, 6.45) is 0. The van der Waals surface area contributed by atoms with Gasteiger partial charge in [-0.25, -0.2) is 0 Å². The van der Waals surface area contributed by atoms with Crippen molar-refractivity contribution in [3.8, 4) is 0 Å². The lowest BCUT2D eigenvalue weighted by Gasteiger charge is -2.05. The zero-order chi connectivity index (χ0) is 15.4. The maximum atomic E-state index is 11.0. The van der Waals surface area contributed by atoms with E-state index in [1.165, 1.54) is 6.07 Å². The zero-order valence-corrected chi connectivity index (χ0v) is 12.4. The number of hydrogen-bond acceptors (Lipinski definition) is 3. The van der Waals surface area contributed by atoms with E-state index in [1.54, 1.807) is 19.2 Å². The van der Waals surface area contributed by atoms with Crippen molar-refractivity contribution in [2.45, 2.75) is 34.2 Å². The molecule has 2 amide bonds. The zero-order valence-electron chi connectivity index (χ0n) is 12.4. The quantitative estimate of drug-likeness (QED) is 0.773. The third-order valence-corrected chi connectivity index (χ3v) is 1.94. The molecule has 0 saturated carbocycles.